The van der Waals surface area contributed by atoms with Crippen molar-refractivity contribution < 1.29 is 13.9 Å². The maximum absolute atomic E-state index is 14.1. The highest BCUT2D eigenvalue weighted by atomic mass is 127. The number of hydrogen-bond donors (Lipinski definition) is 0. The van der Waals surface area contributed by atoms with Crippen LogP contribution in [-0.2, 0) is 11.2 Å². The second-order valence-corrected chi connectivity index (χ2v) is 6.01. The molecule has 0 unspecified atom stereocenters. The lowest BCUT2D eigenvalue weighted by Crippen LogP contribution is -2.08. The molecule has 2 aromatic rings. The number of esters is 1. The Balaban J connectivity index is 2.59. The van der Waals surface area contributed by atoms with E-state index in [0.29, 0.717) is 5.56 Å². The Bertz CT molecular complexity index is 825. The van der Waals surface area contributed by atoms with E-state index in [1.807, 2.05) is 22.6 Å². The molecule has 1 aromatic heterocycles. The summed E-state index contributed by atoms with van der Waals surface area (Å²) in [7, 11) is 1.22. The molecule has 2 rings (SSSR count). The van der Waals surface area contributed by atoms with Gasteiger partial charge in [-0.2, -0.15) is 0 Å². The molecule has 0 bridgehead atoms. The monoisotopic (exact) mass is 446 g/mol. The number of ether oxygens (including phenoxy) is 1. The number of carbonyl (C=O) groups is 1. The first-order valence-electron chi connectivity index (χ1n) is 6.22. The maximum atomic E-state index is 14.1. The van der Waals surface area contributed by atoms with Crippen LogP contribution in [0.15, 0.2) is 29.5 Å². The van der Waals surface area contributed by atoms with E-state index in [0.717, 1.165) is 3.57 Å². The van der Waals surface area contributed by atoms with Crippen molar-refractivity contribution in [2.45, 2.75) is 6.42 Å². The zero-order valence-electron chi connectivity index (χ0n) is 11.8. The molecule has 1 heterocycles. The van der Waals surface area contributed by atoms with Crippen molar-refractivity contribution in [3.05, 3.63) is 65.9 Å². The number of carbonyl (C=O) groups excluding carboxylic acids is 1. The van der Waals surface area contributed by atoms with E-state index in [1.165, 1.54) is 19.4 Å². The highest BCUT2D eigenvalue weighted by Gasteiger charge is 2.20. The number of hydrogen-bond acceptors (Lipinski definition) is 4. The van der Waals surface area contributed by atoms with Crippen molar-refractivity contribution in [2.75, 3.05) is 7.11 Å². The Labute approximate surface area is 149 Å². The van der Waals surface area contributed by atoms with Gasteiger partial charge in [-0.3, -0.25) is 4.98 Å². The maximum Gasteiger partial charge on any atom is 0.339 e. The molecular formula is C14H9ClFIN4O2. The van der Waals surface area contributed by atoms with E-state index >= 15 is 0 Å². The molecule has 0 radical (unpaired) electrons. The summed E-state index contributed by atoms with van der Waals surface area (Å²) in [6.07, 6.45) is 1.23. The fourth-order valence-corrected chi connectivity index (χ4v) is 2.65. The molecule has 0 saturated heterocycles. The van der Waals surface area contributed by atoms with Crippen molar-refractivity contribution in [3.63, 3.8) is 0 Å². The third-order valence-corrected chi connectivity index (χ3v) is 4.10. The first-order chi connectivity index (χ1) is 11.0. The second-order valence-electron chi connectivity index (χ2n) is 4.38. The van der Waals surface area contributed by atoms with Gasteiger partial charge in [0.2, 0.25) is 0 Å². The van der Waals surface area contributed by atoms with Gasteiger partial charge >= 0.3 is 5.97 Å². The number of pyridine rings is 1. The molecule has 23 heavy (non-hydrogen) atoms. The van der Waals surface area contributed by atoms with E-state index in [2.05, 4.69) is 19.7 Å². The summed E-state index contributed by atoms with van der Waals surface area (Å²) in [6, 6.07) is 4.71. The largest absolute Gasteiger partial charge is 0.465 e. The van der Waals surface area contributed by atoms with Gasteiger partial charge in [0.15, 0.2) is 0 Å². The minimum Gasteiger partial charge on any atom is -0.465 e. The number of benzene rings is 1. The normalized spacial score (nSPS) is 10.1. The zero-order chi connectivity index (χ0) is 17.0. The van der Waals surface area contributed by atoms with Crippen LogP contribution in [0.4, 0.5) is 10.2 Å². The van der Waals surface area contributed by atoms with Crippen LogP contribution in [0.3, 0.4) is 0 Å². The van der Waals surface area contributed by atoms with Crippen LogP contribution in [0.2, 0.25) is 5.02 Å². The number of methoxy groups -OCH3 is 1. The quantitative estimate of drug-likeness (QED) is 0.222. The first-order valence-corrected chi connectivity index (χ1v) is 7.68. The molecule has 0 aliphatic heterocycles. The standard InChI is InChI=1S/C14H9ClFIN4O2/c1-23-14(22)10-6-19-13(20-21-18)12(15)9(10)4-7-2-3-8(17)5-11(7)16/h2-3,5-6H,4H2,1H3. The Kier molecular flexibility index (Phi) is 5.75. The SMILES string of the molecule is COC(=O)c1cnc(N=[N+]=[N-])c(Cl)c1Cc1ccc(I)cc1F. The minimum absolute atomic E-state index is 0.0105. The van der Waals surface area contributed by atoms with Crippen LogP contribution in [0.1, 0.15) is 21.5 Å². The van der Waals surface area contributed by atoms with Gasteiger partial charge < -0.3 is 4.74 Å². The van der Waals surface area contributed by atoms with E-state index in [-0.39, 0.29) is 28.4 Å². The fourth-order valence-electron chi connectivity index (χ4n) is 1.94. The molecule has 6 nitrogen and oxygen atoms in total. The molecule has 0 saturated carbocycles. The minimum atomic E-state index is -0.659. The Morgan fingerprint density at radius 2 is 2.30 bits per heavy atom. The summed E-state index contributed by atoms with van der Waals surface area (Å²) in [5, 5.41) is 3.35. The van der Waals surface area contributed by atoms with Crippen LogP contribution in [0, 0.1) is 9.39 Å². The lowest BCUT2D eigenvalue weighted by Gasteiger charge is -2.12. The molecule has 0 spiro atoms. The highest BCUT2D eigenvalue weighted by molar-refractivity contribution is 14.1. The molecule has 1 aromatic carbocycles. The van der Waals surface area contributed by atoms with Crippen molar-refractivity contribution >= 4 is 46.0 Å². The molecular weight excluding hydrogens is 438 g/mol. The third kappa shape index (κ3) is 3.90. The van der Waals surface area contributed by atoms with Crippen molar-refractivity contribution in [2.24, 2.45) is 5.11 Å². The number of halogens is 3. The molecule has 0 amide bonds. The molecule has 0 fully saturated rings. The predicted octanol–water partition coefficient (Wildman–Crippen LogP) is 4.80. The summed E-state index contributed by atoms with van der Waals surface area (Å²) in [4.78, 5) is 18.3. The van der Waals surface area contributed by atoms with Crippen LogP contribution in [-0.4, -0.2) is 18.1 Å². The molecule has 9 heteroatoms. The third-order valence-electron chi connectivity index (χ3n) is 3.03. The van der Waals surface area contributed by atoms with Gasteiger partial charge in [0.1, 0.15) is 11.6 Å². The van der Waals surface area contributed by atoms with Gasteiger partial charge in [0.25, 0.3) is 0 Å². The van der Waals surface area contributed by atoms with Crippen molar-refractivity contribution in [1.82, 2.24) is 4.98 Å². The fraction of sp³-hybridized carbons (Fsp3) is 0.143. The molecule has 0 atom stereocenters. The van der Waals surface area contributed by atoms with Crippen LogP contribution >= 0.6 is 34.2 Å². The Hall–Kier alpha value is -1.90. The van der Waals surface area contributed by atoms with Gasteiger partial charge in [0.05, 0.1) is 17.7 Å². The molecule has 0 N–H and O–H groups in total. The van der Waals surface area contributed by atoms with Gasteiger partial charge in [-0.05, 0) is 56.5 Å². The lowest BCUT2D eigenvalue weighted by molar-refractivity contribution is 0.0599. The lowest BCUT2D eigenvalue weighted by atomic mass is 10.0. The van der Waals surface area contributed by atoms with E-state index in [4.69, 9.17) is 17.1 Å². The number of azide groups is 1. The average Bonchev–Trinajstić information content (AvgIpc) is 2.53. The zero-order valence-corrected chi connectivity index (χ0v) is 14.7. The molecule has 118 valence electrons. The van der Waals surface area contributed by atoms with Crippen LogP contribution < -0.4 is 0 Å². The summed E-state index contributed by atoms with van der Waals surface area (Å²) >= 11 is 8.16. The number of rotatable bonds is 4. The van der Waals surface area contributed by atoms with Crippen molar-refractivity contribution in [3.8, 4) is 0 Å². The van der Waals surface area contributed by atoms with Crippen molar-refractivity contribution in [1.29, 1.82) is 0 Å². The second kappa shape index (κ2) is 7.58. The number of nitrogens with zero attached hydrogens (tertiary/aromatic N) is 4. The predicted molar refractivity (Wildman–Crippen MR) is 91.3 cm³/mol. The summed E-state index contributed by atoms with van der Waals surface area (Å²) in [6.45, 7) is 0. The first kappa shape index (κ1) is 17.5. The molecule has 0 aliphatic carbocycles. The van der Waals surface area contributed by atoms with E-state index < -0.39 is 11.8 Å². The van der Waals surface area contributed by atoms with E-state index in [1.54, 1.807) is 12.1 Å². The Morgan fingerprint density at radius 3 is 2.91 bits per heavy atom. The van der Waals surface area contributed by atoms with Gasteiger partial charge in [-0.15, -0.1) is 0 Å². The van der Waals surface area contributed by atoms with Crippen LogP contribution in [0.25, 0.3) is 10.4 Å². The van der Waals surface area contributed by atoms with Gasteiger partial charge in [-0.1, -0.05) is 17.7 Å². The summed E-state index contributed by atoms with van der Waals surface area (Å²) in [5.74, 6) is -1.17. The molecule has 0 aliphatic rings. The Morgan fingerprint density at radius 1 is 1.57 bits per heavy atom. The topological polar surface area (TPSA) is 88.0 Å². The smallest absolute Gasteiger partial charge is 0.339 e. The highest BCUT2D eigenvalue weighted by Crippen LogP contribution is 2.31. The summed E-state index contributed by atoms with van der Waals surface area (Å²) < 4.78 is 19.5. The van der Waals surface area contributed by atoms with Gasteiger partial charge in [-0.25, -0.2) is 9.18 Å². The number of aromatic nitrogens is 1. The van der Waals surface area contributed by atoms with Gasteiger partial charge in [0, 0.05) is 21.1 Å². The summed E-state index contributed by atoms with van der Waals surface area (Å²) in [5.41, 5.74) is 9.25. The average molecular weight is 447 g/mol. The van der Waals surface area contributed by atoms with E-state index in [9.17, 15) is 9.18 Å². The van der Waals surface area contributed by atoms with Crippen LogP contribution in [0.5, 0.6) is 0 Å².